The lowest BCUT2D eigenvalue weighted by Gasteiger charge is -2.32. The summed E-state index contributed by atoms with van der Waals surface area (Å²) in [7, 11) is 0. The number of anilines is 1. The minimum absolute atomic E-state index is 0.616. The molecule has 0 radical (unpaired) electrons. The fourth-order valence-corrected chi connectivity index (χ4v) is 3.21. The summed E-state index contributed by atoms with van der Waals surface area (Å²) in [5.41, 5.74) is 1.25. The van der Waals surface area contributed by atoms with Crippen molar-refractivity contribution >= 4 is 21.7 Å². The van der Waals surface area contributed by atoms with Gasteiger partial charge in [-0.2, -0.15) is 0 Å². The third-order valence-electron chi connectivity index (χ3n) is 3.66. The van der Waals surface area contributed by atoms with Crippen LogP contribution in [-0.2, 0) is 0 Å². The van der Waals surface area contributed by atoms with Crippen LogP contribution in [0.5, 0.6) is 0 Å². The highest BCUT2D eigenvalue weighted by molar-refractivity contribution is 9.10. The SMILES string of the molecule is CCCN(CC1CCCCN1)c1ncc(Br)cc1C. The fourth-order valence-electron chi connectivity index (χ4n) is 2.76. The standard InChI is InChI=1S/C15H24BrN3/c1-3-8-19(11-14-6-4-5-7-17-14)15-12(2)9-13(16)10-18-15/h9-10,14,17H,3-8,11H2,1-2H3. The monoisotopic (exact) mass is 325 g/mol. The highest BCUT2D eigenvalue weighted by atomic mass is 79.9. The highest BCUT2D eigenvalue weighted by Crippen LogP contribution is 2.22. The summed E-state index contributed by atoms with van der Waals surface area (Å²) < 4.78 is 1.06. The summed E-state index contributed by atoms with van der Waals surface area (Å²) in [6.45, 7) is 7.69. The molecule has 0 aromatic carbocycles. The van der Waals surface area contributed by atoms with Crippen molar-refractivity contribution in [2.45, 2.75) is 45.6 Å². The van der Waals surface area contributed by atoms with Crippen molar-refractivity contribution in [3.63, 3.8) is 0 Å². The van der Waals surface area contributed by atoms with Crippen LogP contribution in [0.2, 0.25) is 0 Å². The molecule has 0 amide bonds. The Morgan fingerprint density at radius 3 is 2.95 bits per heavy atom. The van der Waals surface area contributed by atoms with Crippen molar-refractivity contribution in [2.75, 3.05) is 24.5 Å². The quantitative estimate of drug-likeness (QED) is 0.897. The zero-order valence-corrected chi connectivity index (χ0v) is 13.5. The van der Waals surface area contributed by atoms with Gasteiger partial charge in [-0.3, -0.25) is 0 Å². The van der Waals surface area contributed by atoms with Crippen LogP contribution in [0, 0.1) is 6.92 Å². The molecule has 0 saturated carbocycles. The first-order valence-electron chi connectivity index (χ1n) is 7.31. The van der Waals surface area contributed by atoms with Crippen LogP contribution in [0.1, 0.15) is 38.2 Å². The summed E-state index contributed by atoms with van der Waals surface area (Å²) >= 11 is 3.49. The maximum atomic E-state index is 4.61. The van der Waals surface area contributed by atoms with E-state index < -0.39 is 0 Å². The predicted octanol–water partition coefficient (Wildman–Crippen LogP) is 3.51. The summed E-state index contributed by atoms with van der Waals surface area (Å²) in [5.74, 6) is 1.14. The number of rotatable bonds is 5. The lowest BCUT2D eigenvalue weighted by Crippen LogP contribution is -2.44. The van der Waals surface area contributed by atoms with Crippen LogP contribution >= 0.6 is 15.9 Å². The summed E-state index contributed by atoms with van der Waals surface area (Å²) in [5, 5.41) is 3.63. The average molecular weight is 326 g/mol. The molecule has 4 heteroatoms. The van der Waals surface area contributed by atoms with Crippen molar-refractivity contribution < 1.29 is 0 Å². The van der Waals surface area contributed by atoms with E-state index in [0.717, 1.165) is 36.3 Å². The van der Waals surface area contributed by atoms with Crippen LogP contribution in [-0.4, -0.2) is 30.7 Å². The van der Waals surface area contributed by atoms with Gasteiger partial charge >= 0.3 is 0 Å². The van der Waals surface area contributed by atoms with E-state index in [1.807, 2.05) is 6.20 Å². The van der Waals surface area contributed by atoms with Gasteiger partial charge in [0.1, 0.15) is 5.82 Å². The van der Waals surface area contributed by atoms with Gasteiger partial charge in [-0.1, -0.05) is 13.3 Å². The number of aryl methyl sites for hydroxylation is 1. The zero-order chi connectivity index (χ0) is 13.7. The second-order valence-corrected chi connectivity index (χ2v) is 6.30. The fraction of sp³-hybridized carbons (Fsp3) is 0.667. The van der Waals surface area contributed by atoms with E-state index in [2.05, 4.69) is 51.0 Å². The molecule has 1 aromatic heterocycles. The third-order valence-corrected chi connectivity index (χ3v) is 4.10. The van der Waals surface area contributed by atoms with Gasteiger partial charge in [0, 0.05) is 29.8 Å². The van der Waals surface area contributed by atoms with E-state index in [1.54, 1.807) is 0 Å². The van der Waals surface area contributed by atoms with Gasteiger partial charge in [0.25, 0.3) is 0 Å². The molecule has 1 atom stereocenters. The van der Waals surface area contributed by atoms with Gasteiger partial charge < -0.3 is 10.2 Å². The lowest BCUT2D eigenvalue weighted by molar-refractivity contribution is 0.398. The molecule has 1 unspecified atom stereocenters. The molecule has 0 spiro atoms. The van der Waals surface area contributed by atoms with E-state index in [0.29, 0.717) is 6.04 Å². The number of pyridine rings is 1. The Balaban J connectivity index is 2.09. The smallest absolute Gasteiger partial charge is 0.131 e. The minimum atomic E-state index is 0.616. The zero-order valence-electron chi connectivity index (χ0n) is 12.0. The maximum Gasteiger partial charge on any atom is 0.131 e. The number of hydrogen-bond acceptors (Lipinski definition) is 3. The van der Waals surface area contributed by atoms with Gasteiger partial charge in [0.05, 0.1) is 0 Å². The first-order valence-corrected chi connectivity index (χ1v) is 8.10. The number of halogens is 1. The highest BCUT2D eigenvalue weighted by Gasteiger charge is 2.18. The summed E-state index contributed by atoms with van der Waals surface area (Å²) in [6, 6.07) is 2.77. The van der Waals surface area contributed by atoms with Crippen molar-refractivity contribution in [2.24, 2.45) is 0 Å². The Kier molecular flexibility index (Phi) is 5.64. The Bertz CT molecular complexity index is 402. The summed E-state index contributed by atoms with van der Waals surface area (Å²) in [6.07, 6.45) is 7.02. The molecule has 1 saturated heterocycles. The van der Waals surface area contributed by atoms with Gasteiger partial charge in [-0.15, -0.1) is 0 Å². The van der Waals surface area contributed by atoms with Crippen molar-refractivity contribution in [3.8, 4) is 0 Å². The van der Waals surface area contributed by atoms with Gasteiger partial charge in [-0.05, 0) is 60.3 Å². The molecule has 0 bridgehead atoms. The van der Waals surface area contributed by atoms with Crippen LogP contribution in [0.4, 0.5) is 5.82 Å². The molecular weight excluding hydrogens is 302 g/mol. The van der Waals surface area contributed by atoms with Crippen LogP contribution < -0.4 is 10.2 Å². The van der Waals surface area contributed by atoms with Gasteiger partial charge in [-0.25, -0.2) is 4.98 Å². The van der Waals surface area contributed by atoms with Crippen LogP contribution in [0.15, 0.2) is 16.7 Å². The van der Waals surface area contributed by atoms with E-state index in [1.165, 1.54) is 24.8 Å². The number of piperidine rings is 1. The first kappa shape index (κ1) is 14.8. The molecule has 106 valence electrons. The van der Waals surface area contributed by atoms with Crippen LogP contribution in [0.3, 0.4) is 0 Å². The Morgan fingerprint density at radius 2 is 2.32 bits per heavy atom. The minimum Gasteiger partial charge on any atom is -0.355 e. The summed E-state index contributed by atoms with van der Waals surface area (Å²) in [4.78, 5) is 7.05. The lowest BCUT2D eigenvalue weighted by atomic mass is 10.0. The van der Waals surface area contributed by atoms with Crippen LogP contribution in [0.25, 0.3) is 0 Å². The van der Waals surface area contributed by atoms with Gasteiger partial charge in [0.15, 0.2) is 0 Å². The van der Waals surface area contributed by atoms with E-state index in [-0.39, 0.29) is 0 Å². The molecule has 0 aliphatic carbocycles. The van der Waals surface area contributed by atoms with E-state index in [9.17, 15) is 0 Å². The molecule has 1 fully saturated rings. The van der Waals surface area contributed by atoms with Crippen molar-refractivity contribution in [3.05, 3.63) is 22.3 Å². The number of aromatic nitrogens is 1. The van der Waals surface area contributed by atoms with Gasteiger partial charge in [0.2, 0.25) is 0 Å². The first-order chi connectivity index (χ1) is 9.20. The Hall–Kier alpha value is -0.610. The second-order valence-electron chi connectivity index (χ2n) is 5.39. The molecule has 1 aromatic rings. The molecule has 2 rings (SSSR count). The molecule has 1 N–H and O–H groups in total. The van der Waals surface area contributed by atoms with Crippen molar-refractivity contribution in [1.82, 2.24) is 10.3 Å². The molecule has 1 aliphatic heterocycles. The van der Waals surface area contributed by atoms with E-state index >= 15 is 0 Å². The molecule has 1 aliphatic rings. The Labute approximate surface area is 124 Å². The third kappa shape index (κ3) is 4.18. The largest absolute Gasteiger partial charge is 0.355 e. The number of hydrogen-bond donors (Lipinski definition) is 1. The molecule has 2 heterocycles. The average Bonchev–Trinajstić information content (AvgIpc) is 2.39. The second kappa shape index (κ2) is 7.25. The Morgan fingerprint density at radius 1 is 1.47 bits per heavy atom. The van der Waals surface area contributed by atoms with Crippen molar-refractivity contribution in [1.29, 1.82) is 0 Å². The topological polar surface area (TPSA) is 28.2 Å². The number of nitrogens with zero attached hydrogens (tertiary/aromatic N) is 2. The maximum absolute atomic E-state index is 4.61. The predicted molar refractivity (Wildman–Crippen MR) is 84.8 cm³/mol. The molecule has 19 heavy (non-hydrogen) atoms. The number of nitrogens with one attached hydrogen (secondary N) is 1. The molecular formula is C15H24BrN3. The molecule has 3 nitrogen and oxygen atoms in total. The normalized spacial score (nSPS) is 19.4. The van der Waals surface area contributed by atoms with E-state index in [4.69, 9.17) is 0 Å².